The number of hydrogen-bond donors (Lipinski definition) is 0. The number of carbonyl (C=O) groups is 1. The number of Topliss-reactive ketones (excluding diaryl/α,β-unsaturated/α-hetero) is 1. The lowest BCUT2D eigenvalue weighted by atomic mass is 9.54. The van der Waals surface area contributed by atoms with Crippen LogP contribution in [0.5, 0.6) is 0 Å². The predicted octanol–water partition coefficient (Wildman–Crippen LogP) is 2.06. The minimum absolute atomic E-state index is 0.0489. The van der Waals surface area contributed by atoms with Crippen molar-refractivity contribution in [1.29, 1.82) is 0 Å². The Morgan fingerprint density at radius 3 is 2.90 bits per heavy atom. The monoisotopic (exact) mass is 266 g/mol. The molecular formula is C16H14N2O2. The number of benzene rings is 1. The molecule has 1 saturated heterocycles. The van der Waals surface area contributed by atoms with E-state index in [-0.39, 0.29) is 17.4 Å². The van der Waals surface area contributed by atoms with Gasteiger partial charge in [0.25, 0.3) is 0 Å². The highest BCUT2D eigenvalue weighted by atomic mass is 16.5. The summed E-state index contributed by atoms with van der Waals surface area (Å²) in [4.78, 5) is 16.5. The molecule has 0 N–H and O–H groups in total. The Kier molecular flexibility index (Phi) is 1.83. The van der Waals surface area contributed by atoms with Gasteiger partial charge in [0.05, 0.1) is 43.4 Å². The molecule has 2 aliphatic heterocycles. The molecule has 3 aliphatic rings. The molecule has 0 radical (unpaired) electrons. The maximum Gasteiger partial charge on any atom is 0.139 e. The van der Waals surface area contributed by atoms with Crippen LogP contribution in [0.4, 0.5) is 0 Å². The van der Waals surface area contributed by atoms with E-state index in [0.29, 0.717) is 12.2 Å². The Hall–Kier alpha value is -1.94. The van der Waals surface area contributed by atoms with Gasteiger partial charge in [0.1, 0.15) is 5.78 Å². The van der Waals surface area contributed by atoms with E-state index in [2.05, 4.69) is 27.8 Å². The average Bonchev–Trinajstić information content (AvgIpc) is 2.97. The van der Waals surface area contributed by atoms with Crippen LogP contribution in [0.3, 0.4) is 0 Å². The second-order valence-corrected chi connectivity index (χ2v) is 6.19. The van der Waals surface area contributed by atoms with Gasteiger partial charge < -0.3 is 9.30 Å². The first-order valence-electron chi connectivity index (χ1n) is 7.02. The first-order chi connectivity index (χ1) is 9.80. The predicted molar refractivity (Wildman–Crippen MR) is 72.2 cm³/mol. The van der Waals surface area contributed by atoms with Crippen LogP contribution in [-0.2, 0) is 9.53 Å². The van der Waals surface area contributed by atoms with Crippen molar-refractivity contribution in [2.75, 3.05) is 13.2 Å². The molecule has 20 heavy (non-hydrogen) atoms. The maximum absolute atomic E-state index is 12.3. The van der Waals surface area contributed by atoms with Gasteiger partial charge >= 0.3 is 0 Å². The number of carbonyl (C=O) groups excluding carboxylic acids is 1. The van der Waals surface area contributed by atoms with E-state index >= 15 is 0 Å². The number of nitrogens with zero attached hydrogens (tertiary/aromatic N) is 2. The topological polar surface area (TPSA) is 44.1 Å². The SMILES string of the molecule is O=C1CC2(COC2)C1C1c2ccccc2-c2cncn21. The van der Waals surface area contributed by atoms with Gasteiger partial charge in [-0.15, -0.1) is 0 Å². The summed E-state index contributed by atoms with van der Waals surface area (Å²) in [7, 11) is 0. The molecule has 0 amide bonds. The molecule has 2 atom stereocenters. The van der Waals surface area contributed by atoms with Crippen molar-refractivity contribution in [2.45, 2.75) is 12.5 Å². The van der Waals surface area contributed by atoms with Gasteiger partial charge in [-0.1, -0.05) is 24.3 Å². The van der Waals surface area contributed by atoms with Crippen LogP contribution in [0, 0.1) is 11.3 Å². The lowest BCUT2D eigenvalue weighted by Crippen LogP contribution is -2.62. The van der Waals surface area contributed by atoms with Crippen LogP contribution in [0.1, 0.15) is 18.0 Å². The molecule has 3 heterocycles. The second-order valence-electron chi connectivity index (χ2n) is 6.19. The Labute approximate surface area is 116 Å². The number of fused-ring (bicyclic) bond motifs is 3. The van der Waals surface area contributed by atoms with Crippen LogP contribution >= 0.6 is 0 Å². The van der Waals surface area contributed by atoms with Gasteiger partial charge in [0.15, 0.2) is 0 Å². The quantitative estimate of drug-likeness (QED) is 0.793. The van der Waals surface area contributed by atoms with Crippen LogP contribution < -0.4 is 0 Å². The molecule has 2 fully saturated rings. The molecule has 1 aliphatic carbocycles. The van der Waals surface area contributed by atoms with E-state index in [9.17, 15) is 4.79 Å². The zero-order chi connectivity index (χ0) is 13.3. The number of hydrogen-bond acceptors (Lipinski definition) is 3. The fourth-order valence-electron chi connectivity index (χ4n) is 4.15. The van der Waals surface area contributed by atoms with Gasteiger partial charge in [0, 0.05) is 17.4 Å². The fraction of sp³-hybridized carbons (Fsp3) is 0.375. The van der Waals surface area contributed by atoms with Crippen LogP contribution in [-0.4, -0.2) is 28.5 Å². The number of ether oxygens (including phenoxy) is 1. The van der Waals surface area contributed by atoms with Crippen molar-refractivity contribution in [3.05, 3.63) is 42.4 Å². The van der Waals surface area contributed by atoms with E-state index in [4.69, 9.17) is 4.74 Å². The van der Waals surface area contributed by atoms with Crippen molar-refractivity contribution < 1.29 is 9.53 Å². The van der Waals surface area contributed by atoms with Crippen molar-refractivity contribution in [3.8, 4) is 11.3 Å². The molecule has 4 nitrogen and oxygen atoms in total. The Morgan fingerprint density at radius 2 is 2.15 bits per heavy atom. The zero-order valence-corrected chi connectivity index (χ0v) is 11.0. The number of aromatic nitrogens is 2. The molecule has 1 aromatic heterocycles. The van der Waals surface area contributed by atoms with E-state index in [1.807, 2.05) is 18.6 Å². The molecule has 1 spiro atoms. The molecule has 0 bridgehead atoms. The van der Waals surface area contributed by atoms with Crippen molar-refractivity contribution in [2.24, 2.45) is 11.3 Å². The lowest BCUT2D eigenvalue weighted by Gasteiger charge is -2.55. The van der Waals surface area contributed by atoms with Gasteiger partial charge in [0.2, 0.25) is 0 Å². The molecule has 1 aromatic carbocycles. The summed E-state index contributed by atoms with van der Waals surface area (Å²) >= 11 is 0. The third kappa shape index (κ3) is 1.08. The lowest BCUT2D eigenvalue weighted by molar-refractivity contribution is -0.201. The minimum atomic E-state index is 0.0489. The molecule has 2 aromatic rings. The van der Waals surface area contributed by atoms with Gasteiger partial charge in [-0.3, -0.25) is 4.79 Å². The standard InChI is InChI=1S/C16H14N2O2/c19-13-5-16(7-20-8-16)14(13)15-11-4-2-1-3-10(11)12-6-17-9-18(12)15/h1-4,6,9,14-15H,5,7-8H2. The second kappa shape index (κ2) is 3.38. The molecule has 2 unspecified atom stereocenters. The average molecular weight is 266 g/mol. The molecule has 5 rings (SSSR count). The van der Waals surface area contributed by atoms with Gasteiger partial charge in [-0.25, -0.2) is 4.98 Å². The summed E-state index contributed by atoms with van der Waals surface area (Å²) < 4.78 is 7.57. The highest BCUT2D eigenvalue weighted by Crippen LogP contribution is 2.58. The van der Waals surface area contributed by atoms with E-state index in [1.54, 1.807) is 0 Å². The third-order valence-corrected chi connectivity index (χ3v) is 5.15. The molecule has 1 saturated carbocycles. The third-order valence-electron chi connectivity index (χ3n) is 5.15. The Balaban J connectivity index is 1.70. The van der Waals surface area contributed by atoms with Crippen LogP contribution in [0.15, 0.2) is 36.8 Å². The summed E-state index contributed by atoms with van der Waals surface area (Å²) in [6.07, 6.45) is 4.44. The van der Waals surface area contributed by atoms with Crippen LogP contribution in [0.25, 0.3) is 11.3 Å². The van der Waals surface area contributed by atoms with Crippen molar-refractivity contribution in [1.82, 2.24) is 9.55 Å². The highest BCUT2D eigenvalue weighted by Gasteiger charge is 2.62. The Bertz CT molecular complexity index is 730. The number of ketones is 1. The number of rotatable bonds is 1. The first kappa shape index (κ1) is 10.8. The largest absolute Gasteiger partial charge is 0.380 e. The summed E-state index contributed by atoms with van der Waals surface area (Å²) in [6.45, 7) is 1.46. The summed E-state index contributed by atoms with van der Waals surface area (Å²) in [5, 5.41) is 0. The molecule has 4 heteroatoms. The van der Waals surface area contributed by atoms with Crippen molar-refractivity contribution >= 4 is 5.78 Å². The molecular weight excluding hydrogens is 252 g/mol. The number of imidazole rings is 1. The maximum atomic E-state index is 12.3. The van der Waals surface area contributed by atoms with Crippen LogP contribution in [0.2, 0.25) is 0 Å². The summed E-state index contributed by atoms with van der Waals surface area (Å²) in [5.74, 6) is 0.419. The van der Waals surface area contributed by atoms with E-state index in [1.165, 1.54) is 11.1 Å². The van der Waals surface area contributed by atoms with Gasteiger partial charge in [-0.05, 0) is 5.56 Å². The molecule has 100 valence electrons. The highest BCUT2D eigenvalue weighted by molar-refractivity contribution is 5.91. The normalized spacial score (nSPS) is 28.7. The van der Waals surface area contributed by atoms with Crippen molar-refractivity contribution in [3.63, 3.8) is 0 Å². The van der Waals surface area contributed by atoms with E-state index < -0.39 is 0 Å². The minimum Gasteiger partial charge on any atom is -0.380 e. The zero-order valence-electron chi connectivity index (χ0n) is 11.0. The Morgan fingerprint density at radius 1 is 1.30 bits per heavy atom. The van der Waals surface area contributed by atoms with E-state index in [0.717, 1.165) is 18.9 Å². The first-order valence-corrected chi connectivity index (χ1v) is 7.02. The smallest absolute Gasteiger partial charge is 0.139 e. The fourth-order valence-corrected chi connectivity index (χ4v) is 4.15. The summed E-state index contributed by atoms with van der Waals surface area (Å²) in [6, 6.07) is 8.47. The summed E-state index contributed by atoms with van der Waals surface area (Å²) in [5.41, 5.74) is 3.68. The van der Waals surface area contributed by atoms with Gasteiger partial charge in [-0.2, -0.15) is 0 Å².